The van der Waals surface area contributed by atoms with Crippen LogP contribution < -0.4 is 5.32 Å². The van der Waals surface area contributed by atoms with Crippen LogP contribution in [0.3, 0.4) is 0 Å². The van der Waals surface area contributed by atoms with Gasteiger partial charge in [-0.05, 0) is 74.0 Å². The number of aromatic nitrogens is 3. The number of carbonyl (C=O) groups excluding carboxylic acids is 2. The van der Waals surface area contributed by atoms with Crippen molar-refractivity contribution in [2.24, 2.45) is 0 Å². The third kappa shape index (κ3) is 5.39. The van der Waals surface area contributed by atoms with Crippen molar-refractivity contribution in [2.45, 2.75) is 32.1 Å². The Morgan fingerprint density at radius 2 is 1.89 bits per heavy atom. The summed E-state index contributed by atoms with van der Waals surface area (Å²) in [6, 6.07) is 15.5. The number of benzene rings is 1. The van der Waals surface area contributed by atoms with Gasteiger partial charge in [0.25, 0.3) is 11.8 Å². The van der Waals surface area contributed by atoms with E-state index in [1.165, 1.54) is 4.88 Å². The van der Waals surface area contributed by atoms with Gasteiger partial charge in [-0.15, -0.1) is 11.3 Å². The molecule has 0 unspecified atom stereocenters. The van der Waals surface area contributed by atoms with Crippen molar-refractivity contribution in [1.29, 1.82) is 0 Å². The molecule has 0 radical (unpaired) electrons. The first-order valence-corrected chi connectivity index (χ1v) is 13.1. The van der Waals surface area contributed by atoms with E-state index in [9.17, 15) is 9.59 Å². The molecule has 1 aromatic carbocycles. The zero-order chi connectivity index (χ0) is 24.9. The second-order valence-corrected chi connectivity index (χ2v) is 10.1. The van der Waals surface area contributed by atoms with Crippen LogP contribution in [0, 0.1) is 6.92 Å². The number of amides is 2. The number of aryl methyl sites for hydroxylation is 1. The number of carbonyl (C=O) groups is 2. The van der Waals surface area contributed by atoms with E-state index in [0.29, 0.717) is 30.8 Å². The lowest BCUT2D eigenvalue weighted by Crippen LogP contribution is -2.38. The highest BCUT2D eigenvalue weighted by Crippen LogP contribution is 2.30. The molecule has 8 heteroatoms. The molecule has 1 N–H and O–H groups in total. The number of imidazole rings is 1. The molecular weight excluding hydrogens is 470 g/mol. The molecule has 7 nitrogen and oxygen atoms in total. The van der Waals surface area contributed by atoms with Gasteiger partial charge in [-0.2, -0.15) is 0 Å². The molecule has 0 bridgehead atoms. The Labute approximate surface area is 214 Å². The van der Waals surface area contributed by atoms with Gasteiger partial charge in [-0.1, -0.05) is 6.07 Å². The van der Waals surface area contributed by atoms with Crippen molar-refractivity contribution in [3.05, 3.63) is 100 Å². The SMILES string of the molecule is Cc1ccc(C(=O)NCCc2cccs2)c(C2CCN(C(=O)c3ccc(-n4ccnc4)cc3)CC2)n1. The van der Waals surface area contributed by atoms with Gasteiger partial charge < -0.3 is 14.8 Å². The molecule has 2 amide bonds. The minimum absolute atomic E-state index is 0.0365. The molecule has 0 saturated carbocycles. The summed E-state index contributed by atoms with van der Waals surface area (Å²) in [6.07, 6.45) is 7.72. The van der Waals surface area contributed by atoms with E-state index in [0.717, 1.165) is 36.3 Å². The fourth-order valence-corrected chi connectivity index (χ4v) is 5.36. The smallest absolute Gasteiger partial charge is 0.253 e. The molecule has 1 aliphatic rings. The highest BCUT2D eigenvalue weighted by Gasteiger charge is 2.28. The molecule has 1 fully saturated rings. The molecule has 5 rings (SSSR count). The third-order valence-electron chi connectivity index (χ3n) is 6.63. The van der Waals surface area contributed by atoms with Gasteiger partial charge in [-0.25, -0.2) is 4.98 Å². The van der Waals surface area contributed by atoms with Crippen LogP contribution in [-0.4, -0.2) is 50.9 Å². The Morgan fingerprint density at radius 3 is 2.58 bits per heavy atom. The highest BCUT2D eigenvalue weighted by atomic mass is 32.1. The van der Waals surface area contributed by atoms with Gasteiger partial charge in [0.1, 0.15) is 0 Å². The average Bonchev–Trinajstić information content (AvgIpc) is 3.63. The topological polar surface area (TPSA) is 80.1 Å². The Balaban J connectivity index is 1.21. The Morgan fingerprint density at radius 1 is 1.08 bits per heavy atom. The maximum absolute atomic E-state index is 13.1. The van der Waals surface area contributed by atoms with Crippen molar-refractivity contribution in [3.8, 4) is 5.69 Å². The van der Waals surface area contributed by atoms with Gasteiger partial charge in [0.05, 0.1) is 17.6 Å². The Kier molecular flexibility index (Phi) is 7.23. The Bertz CT molecular complexity index is 1310. The van der Waals surface area contributed by atoms with E-state index in [1.807, 2.05) is 70.4 Å². The van der Waals surface area contributed by atoms with Crippen LogP contribution in [0.4, 0.5) is 0 Å². The maximum atomic E-state index is 13.1. The van der Waals surface area contributed by atoms with Gasteiger partial charge in [-0.3, -0.25) is 14.6 Å². The summed E-state index contributed by atoms with van der Waals surface area (Å²) >= 11 is 1.70. The summed E-state index contributed by atoms with van der Waals surface area (Å²) in [5.41, 5.74) is 4.04. The lowest BCUT2D eigenvalue weighted by atomic mass is 9.89. The summed E-state index contributed by atoms with van der Waals surface area (Å²) in [7, 11) is 0. The molecule has 1 aliphatic heterocycles. The van der Waals surface area contributed by atoms with Gasteiger partial charge in [0.2, 0.25) is 0 Å². The monoisotopic (exact) mass is 499 g/mol. The number of hydrogen-bond donors (Lipinski definition) is 1. The zero-order valence-corrected chi connectivity index (χ0v) is 21.1. The van der Waals surface area contributed by atoms with Crippen molar-refractivity contribution in [2.75, 3.05) is 19.6 Å². The van der Waals surface area contributed by atoms with Crippen molar-refractivity contribution < 1.29 is 9.59 Å². The van der Waals surface area contributed by atoms with Crippen molar-refractivity contribution in [1.82, 2.24) is 24.8 Å². The van der Waals surface area contributed by atoms with Crippen LogP contribution in [-0.2, 0) is 6.42 Å². The molecule has 0 spiro atoms. The standard InChI is InChI=1S/C28H29N5O2S/c1-20-4-9-25(27(34)30-13-10-24-3-2-18-36-24)26(31-20)21-11-15-32(16-12-21)28(35)22-5-7-23(8-6-22)33-17-14-29-19-33/h2-9,14,17-19,21H,10-13,15-16H2,1H3,(H,30,34). The highest BCUT2D eigenvalue weighted by molar-refractivity contribution is 7.09. The number of pyridine rings is 1. The number of likely N-dealkylation sites (tertiary alicyclic amines) is 1. The first kappa shape index (κ1) is 23.9. The summed E-state index contributed by atoms with van der Waals surface area (Å²) < 4.78 is 1.91. The van der Waals surface area contributed by atoms with Crippen LogP contribution in [0.5, 0.6) is 0 Å². The first-order chi connectivity index (χ1) is 17.6. The maximum Gasteiger partial charge on any atom is 0.253 e. The second kappa shape index (κ2) is 10.9. The number of nitrogens with zero attached hydrogens (tertiary/aromatic N) is 4. The van der Waals surface area contributed by atoms with E-state index in [4.69, 9.17) is 4.98 Å². The third-order valence-corrected chi connectivity index (χ3v) is 7.57. The predicted octanol–water partition coefficient (Wildman–Crippen LogP) is 4.63. The second-order valence-electron chi connectivity index (χ2n) is 9.05. The molecule has 1 saturated heterocycles. The zero-order valence-electron chi connectivity index (χ0n) is 20.3. The molecule has 4 aromatic rings. The van der Waals surface area contributed by atoms with Gasteiger partial charge in [0.15, 0.2) is 0 Å². The number of rotatable bonds is 7. The summed E-state index contributed by atoms with van der Waals surface area (Å²) in [5, 5.41) is 5.11. The van der Waals surface area contributed by atoms with Gasteiger partial charge >= 0.3 is 0 Å². The van der Waals surface area contributed by atoms with Crippen molar-refractivity contribution in [3.63, 3.8) is 0 Å². The number of nitrogens with one attached hydrogen (secondary N) is 1. The Hall–Kier alpha value is -3.78. The number of thiophene rings is 1. The van der Waals surface area contributed by atoms with E-state index < -0.39 is 0 Å². The van der Waals surface area contributed by atoms with E-state index >= 15 is 0 Å². The summed E-state index contributed by atoms with van der Waals surface area (Å²) in [5.74, 6) is 0.107. The van der Waals surface area contributed by atoms with E-state index in [-0.39, 0.29) is 17.7 Å². The van der Waals surface area contributed by atoms with Crippen molar-refractivity contribution >= 4 is 23.2 Å². The lowest BCUT2D eigenvalue weighted by molar-refractivity contribution is 0.0710. The van der Waals surface area contributed by atoms with E-state index in [2.05, 4.69) is 16.4 Å². The summed E-state index contributed by atoms with van der Waals surface area (Å²) in [4.78, 5) is 38.1. The number of piperidine rings is 1. The quantitative estimate of drug-likeness (QED) is 0.402. The first-order valence-electron chi connectivity index (χ1n) is 12.2. The predicted molar refractivity (Wildman–Crippen MR) is 141 cm³/mol. The molecule has 0 atom stereocenters. The normalized spacial score (nSPS) is 14.1. The van der Waals surface area contributed by atoms with Crippen LogP contribution in [0.2, 0.25) is 0 Å². The molecule has 4 heterocycles. The van der Waals surface area contributed by atoms with E-state index in [1.54, 1.807) is 23.9 Å². The van der Waals surface area contributed by atoms with Gasteiger partial charge in [0, 0.05) is 59.8 Å². The van der Waals surface area contributed by atoms with Crippen LogP contribution in [0.1, 0.15) is 55.7 Å². The fourth-order valence-electron chi connectivity index (χ4n) is 4.66. The fraction of sp³-hybridized carbons (Fsp3) is 0.286. The average molecular weight is 500 g/mol. The van der Waals surface area contributed by atoms with Crippen LogP contribution in [0.25, 0.3) is 5.69 Å². The molecule has 36 heavy (non-hydrogen) atoms. The molecular formula is C28H29N5O2S. The summed E-state index contributed by atoms with van der Waals surface area (Å²) in [6.45, 7) is 3.83. The van der Waals surface area contributed by atoms with Crippen LogP contribution in [0.15, 0.2) is 72.6 Å². The molecule has 0 aliphatic carbocycles. The van der Waals surface area contributed by atoms with Crippen LogP contribution >= 0.6 is 11.3 Å². The largest absolute Gasteiger partial charge is 0.352 e. The minimum atomic E-state index is -0.0782. The number of hydrogen-bond acceptors (Lipinski definition) is 5. The minimum Gasteiger partial charge on any atom is -0.352 e. The molecule has 184 valence electrons. The molecule has 3 aromatic heterocycles. The lowest BCUT2D eigenvalue weighted by Gasteiger charge is -2.32.